The lowest BCUT2D eigenvalue weighted by atomic mass is 9.85. The molecule has 1 aromatic carbocycles. The highest BCUT2D eigenvalue weighted by Crippen LogP contribution is 2.32. The number of allylic oxidation sites excluding steroid dienone is 5. The topological polar surface area (TPSA) is 0 Å². The summed E-state index contributed by atoms with van der Waals surface area (Å²) in [6, 6.07) is 6.42. The molecule has 1 aromatic rings. The standard InChI is InChI=1S/C25H30F2S/c1-5-8-22(10-7-11-23(16-17-26)25(27)9-6-2)24-18-21(14-12-19(24)3)15-13-20(4)28/h2,9,12-16,18,22,28H,4-5,7-8,10-11,17H2,1,3H3/b15-13+,23-16-,25-9+. The average molecular weight is 401 g/mol. The summed E-state index contributed by atoms with van der Waals surface area (Å²) in [6.07, 6.45) is 15.6. The van der Waals surface area contributed by atoms with Gasteiger partial charge in [-0.3, -0.25) is 0 Å². The lowest BCUT2D eigenvalue weighted by molar-refractivity contribution is 0.529. The van der Waals surface area contributed by atoms with Crippen LogP contribution < -0.4 is 0 Å². The van der Waals surface area contributed by atoms with E-state index in [-0.39, 0.29) is 0 Å². The van der Waals surface area contributed by atoms with Gasteiger partial charge in [0.2, 0.25) is 0 Å². The highest BCUT2D eigenvalue weighted by Gasteiger charge is 2.14. The number of terminal acetylenes is 1. The Labute approximate surface area is 174 Å². The zero-order valence-electron chi connectivity index (χ0n) is 16.8. The number of thiol groups is 1. The smallest absolute Gasteiger partial charge is 0.134 e. The largest absolute Gasteiger partial charge is 0.247 e. The lowest BCUT2D eigenvalue weighted by Crippen LogP contribution is -2.03. The normalized spacial score (nSPS) is 13.6. The Morgan fingerprint density at radius 1 is 1.36 bits per heavy atom. The molecule has 0 radical (unpaired) electrons. The molecule has 1 unspecified atom stereocenters. The number of rotatable bonds is 11. The van der Waals surface area contributed by atoms with Crippen molar-refractivity contribution in [1.29, 1.82) is 0 Å². The summed E-state index contributed by atoms with van der Waals surface area (Å²) in [7, 11) is 0. The number of hydrogen-bond donors (Lipinski definition) is 1. The third-order valence-electron chi connectivity index (χ3n) is 4.69. The summed E-state index contributed by atoms with van der Waals surface area (Å²) >= 11 is 4.20. The maximum absolute atomic E-state index is 14.0. The van der Waals surface area contributed by atoms with Crippen LogP contribution in [-0.4, -0.2) is 6.67 Å². The van der Waals surface area contributed by atoms with E-state index in [1.807, 2.05) is 12.2 Å². The fraction of sp³-hybridized carbons (Fsp3) is 0.360. The molecule has 0 spiro atoms. The van der Waals surface area contributed by atoms with Gasteiger partial charge in [-0.1, -0.05) is 50.1 Å². The van der Waals surface area contributed by atoms with Gasteiger partial charge in [0.1, 0.15) is 12.5 Å². The number of hydrogen-bond acceptors (Lipinski definition) is 1. The highest BCUT2D eigenvalue weighted by molar-refractivity contribution is 7.84. The molecule has 0 saturated heterocycles. The molecule has 0 bridgehead atoms. The van der Waals surface area contributed by atoms with Gasteiger partial charge in [0.05, 0.1) is 0 Å². The van der Waals surface area contributed by atoms with Crippen molar-refractivity contribution >= 4 is 18.7 Å². The van der Waals surface area contributed by atoms with Gasteiger partial charge in [-0.05, 0) is 77.8 Å². The summed E-state index contributed by atoms with van der Waals surface area (Å²) in [5, 5.41) is 0. The first-order valence-electron chi connectivity index (χ1n) is 9.66. The summed E-state index contributed by atoms with van der Waals surface area (Å²) in [4.78, 5) is 0.710. The molecule has 0 aliphatic carbocycles. The van der Waals surface area contributed by atoms with Crippen LogP contribution in [0.2, 0.25) is 0 Å². The van der Waals surface area contributed by atoms with E-state index < -0.39 is 12.5 Å². The fourth-order valence-corrected chi connectivity index (χ4v) is 3.39. The molecule has 0 amide bonds. The molecule has 0 nitrogen and oxygen atoms in total. The Morgan fingerprint density at radius 2 is 2.11 bits per heavy atom. The number of halogens is 2. The van der Waals surface area contributed by atoms with Gasteiger partial charge in [0.15, 0.2) is 0 Å². The molecule has 0 aliphatic rings. The van der Waals surface area contributed by atoms with Gasteiger partial charge in [0.25, 0.3) is 0 Å². The number of aryl methyl sites for hydroxylation is 1. The predicted octanol–water partition coefficient (Wildman–Crippen LogP) is 7.89. The molecule has 0 fully saturated rings. The van der Waals surface area contributed by atoms with E-state index in [0.717, 1.165) is 37.3 Å². The first kappa shape index (κ1) is 24.0. The fourth-order valence-electron chi connectivity index (χ4n) is 3.32. The molecule has 0 heterocycles. The molecule has 1 rings (SSSR count). The van der Waals surface area contributed by atoms with E-state index >= 15 is 0 Å². The van der Waals surface area contributed by atoms with Crippen LogP contribution >= 0.6 is 12.6 Å². The zero-order chi connectivity index (χ0) is 20.9. The van der Waals surface area contributed by atoms with Gasteiger partial charge in [-0.2, -0.15) is 0 Å². The molecule has 0 aliphatic heterocycles. The maximum Gasteiger partial charge on any atom is 0.134 e. The Hall–Kier alpha value is -2.05. The quantitative estimate of drug-likeness (QED) is 0.218. The Morgan fingerprint density at radius 3 is 2.71 bits per heavy atom. The second kappa shape index (κ2) is 13.2. The van der Waals surface area contributed by atoms with Crippen LogP contribution in [0, 0.1) is 19.3 Å². The third kappa shape index (κ3) is 8.31. The second-order valence-corrected chi connectivity index (χ2v) is 7.44. The third-order valence-corrected chi connectivity index (χ3v) is 4.84. The maximum atomic E-state index is 14.0. The highest BCUT2D eigenvalue weighted by atomic mass is 32.1. The first-order valence-corrected chi connectivity index (χ1v) is 10.1. The van der Waals surface area contributed by atoms with Crippen LogP contribution in [0.25, 0.3) is 6.08 Å². The minimum absolute atomic E-state index is 0.358. The van der Waals surface area contributed by atoms with Gasteiger partial charge in [0, 0.05) is 6.08 Å². The van der Waals surface area contributed by atoms with Crippen LogP contribution in [0.15, 0.2) is 59.3 Å². The minimum atomic E-state index is -0.691. The van der Waals surface area contributed by atoms with Gasteiger partial charge in [-0.25, -0.2) is 8.78 Å². The summed E-state index contributed by atoms with van der Waals surface area (Å²) in [5.74, 6) is 2.03. The molecule has 150 valence electrons. The summed E-state index contributed by atoms with van der Waals surface area (Å²) in [5.41, 5.74) is 4.02. The van der Waals surface area contributed by atoms with Gasteiger partial charge < -0.3 is 0 Å². The van der Waals surface area contributed by atoms with Gasteiger partial charge in [-0.15, -0.1) is 19.1 Å². The van der Waals surface area contributed by atoms with Crippen molar-refractivity contribution < 1.29 is 8.78 Å². The van der Waals surface area contributed by atoms with Crippen molar-refractivity contribution in [3.63, 3.8) is 0 Å². The van der Waals surface area contributed by atoms with E-state index in [2.05, 4.69) is 57.2 Å². The van der Waals surface area contributed by atoms with Crippen molar-refractivity contribution in [1.82, 2.24) is 0 Å². The predicted molar refractivity (Wildman–Crippen MR) is 122 cm³/mol. The van der Waals surface area contributed by atoms with Crippen molar-refractivity contribution in [2.45, 2.75) is 51.9 Å². The first-order chi connectivity index (χ1) is 13.4. The van der Waals surface area contributed by atoms with E-state index in [4.69, 9.17) is 6.42 Å². The van der Waals surface area contributed by atoms with Crippen LogP contribution in [0.1, 0.15) is 61.6 Å². The van der Waals surface area contributed by atoms with Crippen LogP contribution in [0.5, 0.6) is 0 Å². The van der Waals surface area contributed by atoms with E-state index in [1.54, 1.807) is 0 Å². The molecule has 1 atom stereocenters. The summed E-state index contributed by atoms with van der Waals surface area (Å²) in [6.45, 7) is 7.37. The molecule has 0 N–H and O–H groups in total. The Balaban J connectivity index is 2.95. The Kier molecular flexibility index (Phi) is 11.3. The lowest BCUT2D eigenvalue weighted by Gasteiger charge is -2.20. The van der Waals surface area contributed by atoms with E-state index in [1.165, 1.54) is 17.2 Å². The summed E-state index contributed by atoms with van der Waals surface area (Å²) < 4.78 is 26.7. The van der Waals surface area contributed by atoms with Gasteiger partial charge >= 0.3 is 0 Å². The molecule has 28 heavy (non-hydrogen) atoms. The van der Waals surface area contributed by atoms with Crippen LogP contribution in [0.3, 0.4) is 0 Å². The Bertz CT molecular complexity index is 778. The molecular formula is C25H30F2S. The molecule has 3 heteroatoms. The second-order valence-electron chi connectivity index (χ2n) is 6.86. The molecule has 0 aromatic heterocycles. The van der Waals surface area contributed by atoms with Crippen LogP contribution in [-0.2, 0) is 0 Å². The van der Waals surface area contributed by atoms with Crippen molar-refractivity contribution in [3.8, 4) is 12.3 Å². The molecule has 0 saturated carbocycles. The van der Waals surface area contributed by atoms with Crippen molar-refractivity contribution in [2.24, 2.45) is 0 Å². The number of alkyl halides is 1. The average Bonchev–Trinajstić information content (AvgIpc) is 2.66. The van der Waals surface area contributed by atoms with Crippen LogP contribution in [0.4, 0.5) is 8.78 Å². The monoisotopic (exact) mass is 400 g/mol. The zero-order valence-corrected chi connectivity index (χ0v) is 17.7. The van der Waals surface area contributed by atoms with E-state index in [9.17, 15) is 8.78 Å². The number of benzene rings is 1. The van der Waals surface area contributed by atoms with Crippen molar-refractivity contribution in [3.05, 3.63) is 76.0 Å². The van der Waals surface area contributed by atoms with E-state index in [0.29, 0.717) is 22.8 Å². The SMILES string of the molecule is C#C/C=C(F)\C(=C/CF)CCCC(CCC)c1cc(/C=C/C(=C)S)ccc1C. The van der Waals surface area contributed by atoms with Crippen molar-refractivity contribution in [2.75, 3.05) is 6.67 Å². The minimum Gasteiger partial charge on any atom is -0.247 e. The molecular weight excluding hydrogens is 370 g/mol.